The summed E-state index contributed by atoms with van der Waals surface area (Å²) in [6.45, 7) is 2.57. The maximum atomic E-state index is 8.83. The van der Waals surface area contributed by atoms with Crippen LogP contribution in [-0.4, -0.2) is 46.3 Å². The zero-order valence-electron chi connectivity index (χ0n) is 7.85. The molecule has 1 atom stereocenters. The third-order valence-corrected chi connectivity index (χ3v) is 2.42. The van der Waals surface area contributed by atoms with E-state index in [2.05, 4.69) is 10.1 Å². The Hall–Kier alpha value is -0.810. The van der Waals surface area contributed by atoms with Gasteiger partial charge in [-0.2, -0.15) is 0 Å². The minimum Gasteiger partial charge on any atom is -0.409 e. The Labute approximate surface area is 77.8 Å². The number of rotatable bonds is 5. The molecule has 0 aromatic rings. The molecular formula is C8H17N3O2. The van der Waals surface area contributed by atoms with Gasteiger partial charge in [0.2, 0.25) is 0 Å². The Bertz CT molecular complexity index is 192. The monoisotopic (exact) mass is 187 g/mol. The average molecular weight is 187 g/mol. The van der Waals surface area contributed by atoms with Gasteiger partial charge in [0.1, 0.15) is 0 Å². The summed E-state index contributed by atoms with van der Waals surface area (Å²) in [6, 6.07) is 0.409. The van der Waals surface area contributed by atoms with Crippen LogP contribution in [0.4, 0.5) is 0 Å². The van der Waals surface area contributed by atoms with Gasteiger partial charge in [0.15, 0.2) is 5.84 Å². The van der Waals surface area contributed by atoms with Crippen molar-refractivity contribution in [3.05, 3.63) is 0 Å². The molecule has 0 heterocycles. The first-order chi connectivity index (χ1) is 6.20. The average Bonchev–Trinajstić information content (AvgIpc) is 2.95. The third-order valence-electron chi connectivity index (χ3n) is 2.42. The van der Waals surface area contributed by atoms with Gasteiger partial charge in [0.05, 0.1) is 12.6 Å². The summed E-state index contributed by atoms with van der Waals surface area (Å²) in [4.78, 5) is 2.06. The van der Waals surface area contributed by atoms with Gasteiger partial charge in [-0.3, -0.25) is 4.90 Å². The van der Waals surface area contributed by atoms with Gasteiger partial charge in [-0.15, -0.1) is 0 Å². The molecular weight excluding hydrogens is 170 g/mol. The van der Waals surface area contributed by atoms with Crippen molar-refractivity contribution in [2.24, 2.45) is 10.9 Å². The van der Waals surface area contributed by atoms with E-state index in [0.29, 0.717) is 12.6 Å². The lowest BCUT2D eigenvalue weighted by Gasteiger charge is -2.27. The van der Waals surface area contributed by atoms with Crippen LogP contribution >= 0.6 is 0 Å². The molecule has 1 aliphatic carbocycles. The molecule has 1 aliphatic rings. The summed E-state index contributed by atoms with van der Waals surface area (Å²) in [6.07, 6.45) is 2.28. The normalized spacial score (nSPS) is 20.7. The molecule has 1 unspecified atom stereocenters. The van der Waals surface area contributed by atoms with Crippen molar-refractivity contribution in [1.29, 1.82) is 0 Å². The molecule has 1 saturated carbocycles. The van der Waals surface area contributed by atoms with E-state index >= 15 is 0 Å². The summed E-state index contributed by atoms with van der Waals surface area (Å²) < 4.78 is 0. The smallest absolute Gasteiger partial charge is 0.156 e. The fourth-order valence-corrected chi connectivity index (χ4v) is 1.47. The molecule has 5 heteroatoms. The summed E-state index contributed by atoms with van der Waals surface area (Å²) in [5.74, 6) is 0.209. The summed E-state index contributed by atoms with van der Waals surface area (Å²) in [5.41, 5.74) is 5.49. The predicted octanol–water partition coefficient (Wildman–Crippen LogP) is -0.422. The van der Waals surface area contributed by atoms with Crippen molar-refractivity contribution in [3.8, 4) is 0 Å². The number of hydrogen-bond acceptors (Lipinski definition) is 4. The van der Waals surface area contributed by atoms with Gasteiger partial charge >= 0.3 is 0 Å². The lowest BCUT2D eigenvalue weighted by atomic mass is 10.2. The fraction of sp³-hybridized carbons (Fsp3) is 0.875. The minimum absolute atomic E-state index is 0.0929. The first kappa shape index (κ1) is 10.3. The van der Waals surface area contributed by atoms with Crippen molar-refractivity contribution < 1.29 is 10.3 Å². The molecule has 76 valence electrons. The van der Waals surface area contributed by atoms with E-state index in [-0.39, 0.29) is 18.5 Å². The van der Waals surface area contributed by atoms with Gasteiger partial charge in [-0.05, 0) is 19.8 Å². The van der Waals surface area contributed by atoms with E-state index in [9.17, 15) is 0 Å². The highest BCUT2D eigenvalue weighted by atomic mass is 16.4. The summed E-state index contributed by atoms with van der Waals surface area (Å²) >= 11 is 0. The van der Waals surface area contributed by atoms with E-state index in [1.54, 1.807) is 0 Å². The van der Waals surface area contributed by atoms with E-state index in [4.69, 9.17) is 16.0 Å². The SMILES string of the molecule is CC(C(N)=NO)N(CCO)C1CC1. The van der Waals surface area contributed by atoms with E-state index in [1.165, 1.54) is 0 Å². The zero-order valence-corrected chi connectivity index (χ0v) is 7.85. The molecule has 13 heavy (non-hydrogen) atoms. The molecule has 0 bridgehead atoms. The van der Waals surface area contributed by atoms with Crippen molar-refractivity contribution in [3.63, 3.8) is 0 Å². The molecule has 1 rings (SSSR count). The van der Waals surface area contributed by atoms with Gasteiger partial charge in [-0.25, -0.2) is 0 Å². The lowest BCUT2D eigenvalue weighted by Crippen LogP contribution is -2.45. The van der Waals surface area contributed by atoms with Crippen LogP contribution in [0.5, 0.6) is 0 Å². The van der Waals surface area contributed by atoms with Crippen LogP contribution in [0, 0.1) is 0 Å². The molecule has 0 radical (unpaired) electrons. The van der Waals surface area contributed by atoms with Crippen molar-refractivity contribution in [1.82, 2.24) is 4.90 Å². The second-order valence-electron chi connectivity index (χ2n) is 3.39. The standard InChI is InChI=1S/C8H17N3O2/c1-6(8(9)10-13)11(4-5-12)7-2-3-7/h6-7,12-13H,2-5H2,1H3,(H2,9,10). The van der Waals surface area contributed by atoms with Gasteiger partial charge in [-0.1, -0.05) is 5.16 Å². The Balaban J connectivity index is 2.52. The lowest BCUT2D eigenvalue weighted by molar-refractivity contribution is 0.174. The molecule has 0 aliphatic heterocycles. The molecule has 0 aromatic carbocycles. The van der Waals surface area contributed by atoms with Gasteiger partial charge in [0.25, 0.3) is 0 Å². The van der Waals surface area contributed by atoms with E-state index < -0.39 is 0 Å². The summed E-state index contributed by atoms with van der Waals surface area (Å²) in [5, 5.41) is 20.3. The topological polar surface area (TPSA) is 82.1 Å². The first-order valence-electron chi connectivity index (χ1n) is 4.54. The zero-order chi connectivity index (χ0) is 9.84. The molecule has 4 N–H and O–H groups in total. The highest BCUT2D eigenvalue weighted by Gasteiger charge is 2.33. The van der Waals surface area contributed by atoms with Crippen molar-refractivity contribution in [2.75, 3.05) is 13.2 Å². The number of aliphatic hydroxyl groups excluding tert-OH is 1. The van der Waals surface area contributed by atoms with Gasteiger partial charge < -0.3 is 16.0 Å². The molecule has 1 fully saturated rings. The maximum Gasteiger partial charge on any atom is 0.156 e. The number of nitrogens with zero attached hydrogens (tertiary/aromatic N) is 2. The fourth-order valence-electron chi connectivity index (χ4n) is 1.47. The van der Waals surface area contributed by atoms with Crippen molar-refractivity contribution >= 4 is 5.84 Å². The van der Waals surface area contributed by atoms with Crippen LogP contribution < -0.4 is 5.73 Å². The number of amidine groups is 1. The Morgan fingerprint density at radius 3 is 2.69 bits per heavy atom. The van der Waals surface area contributed by atoms with Crippen LogP contribution in [0.2, 0.25) is 0 Å². The highest BCUT2D eigenvalue weighted by Crippen LogP contribution is 2.28. The molecule has 5 nitrogen and oxygen atoms in total. The third kappa shape index (κ3) is 2.57. The van der Waals surface area contributed by atoms with Crippen LogP contribution in [0.3, 0.4) is 0 Å². The Kier molecular flexibility index (Phi) is 3.50. The predicted molar refractivity (Wildman–Crippen MR) is 49.7 cm³/mol. The Morgan fingerprint density at radius 1 is 1.69 bits per heavy atom. The van der Waals surface area contributed by atoms with Crippen molar-refractivity contribution in [2.45, 2.75) is 31.8 Å². The molecule has 0 spiro atoms. The number of oxime groups is 1. The number of aliphatic hydroxyl groups is 1. The molecule has 0 aromatic heterocycles. The van der Waals surface area contributed by atoms with Crippen LogP contribution in [0.25, 0.3) is 0 Å². The second kappa shape index (κ2) is 4.43. The Morgan fingerprint density at radius 2 is 2.31 bits per heavy atom. The number of nitrogens with two attached hydrogens (primary N) is 1. The first-order valence-corrected chi connectivity index (χ1v) is 4.54. The molecule has 0 saturated heterocycles. The number of hydrogen-bond donors (Lipinski definition) is 3. The minimum atomic E-state index is -0.0929. The van der Waals surface area contributed by atoms with Crippen LogP contribution in [0.1, 0.15) is 19.8 Å². The van der Waals surface area contributed by atoms with Crippen LogP contribution in [-0.2, 0) is 0 Å². The van der Waals surface area contributed by atoms with E-state index in [1.807, 2.05) is 6.92 Å². The summed E-state index contributed by atoms with van der Waals surface area (Å²) in [7, 11) is 0. The quantitative estimate of drug-likeness (QED) is 0.236. The largest absolute Gasteiger partial charge is 0.409 e. The highest BCUT2D eigenvalue weighted by molar-refractivity contribution is 5.84. The van der Waals surface area contributed by atoms with E-state index in [0.717, 1.165) is 12.8 Å². The van der Waals surface area contributed by atoms with Crippen LogP contribution in [0.15, 0.2) is 5.16 Å². The maximum absolute atomic E-state index is 8.83. The molecule has 0 amide bonds. The van der Waals surface area contributed by atoms with Gasteiger partial charge in [0, 0.05) is 12.6 Å². The second-order valence-corrected chi connectivity index (χ2v) is 3.39.